The summed E-state index contributed by atoms with van der Waals surface area (Å²) in [6.07, 6.45) is 2.54. The summed E-state index contributed by atoms with van der Waals surface area (Å²) >= 11 is 0. The highest BCUT2D eigenvalue weighted by Crippen LogP contribution is 2.44. The van der Waals surface area contributed by atoms with E-state index in [-0.39, 0.29) is 6.04 Å². The Kier molecular flexibility index (Phi) is 5.85. The van der Waals surface area contributed by atoms with Crippen LogP contribution in [-0.4, -0.2) is 83.7 Å². The Balaban J connectivity index is 1.32. The van der Waals surface area contributed by atoms with E-state index in [1.54, 1.807) is 35.6 Å². The lowest BCUT2D eigenvalue weighted by molar-refractivity contribution is -0.202. The molecule has 3 aromatic heterocycles. The van der Waals surface area contributed by atoms with Gasteiger partial charge < -0.3 is 29.4 Å². The number of hydrogen-bond acceptors (Lipinski definition) is 10. The molecule has 7 rings (SSSR count). The van der Waals surface area contributed by atoms with Gasteiger partial charge in [0.15, 0.2) is 35.1 Å². The van der Waals surface area contributed by atoms with Crippen LogP contribution in [0, 0.1) is 6.92 Å². The van der Waals surface area contributed by atoms with Crippen LogP contribution in [0.15, 0.2) is 43.0 Å². The van der Waals surface area contributed by atoms with Gasteiger partial charge in [-0.1, -0.05) is 29.8 Å². The lowest BCUT2D eigenvalue weighted by atomic mass is 10.1. The number of aromatic nitrogens is 6. The van der Waals surface area contributed by atoms with Gasteiger partial charge in [-0.05, 0) is 32.8 Å². The first-order valence-electron chi connectivity index (χ1n) is 13.2. The second-order valence-corrected chi connectivity index (χ2v) is 10.8. The van der Waals surface area contributed by atoms with E-state index >= 15 is 0 Å². The van der Waals surface area contributed by atoms with Crippen molar-refractivity contribution in [2.45, 2.75) is 63.6 Å². The van der Waals surface area contributed by atoms with Crippen LogP contribution in [0.4, 0.5) is 5.82 Å². The molecule has 2 N–H and O–H groups in total. The van der Waals surface area contributed by atoms with E-state index < -0.39 is 36.3 Å². The fourth-order valence-corrected chi connectivity index (χ4v) is 5.46. The number of nitrogens with zero attached hydrogens (tertiary/aromatic N) is 6. The molecule has 13 heteroatoms. The Bertz CT molecular complexity index is 1580. The van der Waals surface area contributed by atoms with Crippen molar-refractivity contribution in [1.29, 1.82) is 0 Å². The zero-order chi connectivity index (χ0) is 27.6. The van der Waals surface area contributed by atoms with Crippen LogP contribution in [-0.2, 0) is 23.7 Å². The van der Waals surface area contributed by atoms with Gasteiger partial charge in [0.1, 0.15) is 12.2 Å². The Hall–Kier alpha value is -3.91. The number of aliphatic carboxylic acids is 1. The number of carboxylic acid groups (broad SMARTS) is 1. The molecule has 3 saturated heterocycles. The topological polar surface area (TPSA) is 148 Å². The number of carboxylic acids is 1. The number of fused-ring (bicyclic) bond motifs is 2. The maximum absolute atomic E-state index is 12.0. The summed E-state index contributed by atoms with van der Waals surface area (Å²) in [5, 5.41) is 17.8. The molecule has 40 heavy (non-hydrogen) atoms. The summed E-state index contributed by atoms with van der Waals surface area (Å²) in [5.41, 5.74) is 4.07. The van der Waals surface area contributed by atoms with Gasteiger partial charge in [-0.25, -0.2) is 14.5 Å². The second-order valence-electron chi connectivity index (χ2n) is 10.8. The maximum Gasteiger partial charge on any atom is 0.335 e. The van der Waals surface area contributed by atoms with Crippen molar-refractivity contribution in [3.05, 3.63) is 48.5 Å². The van der Waals surface area contributed by atoms with Crippen LogP contribution in [0.5, 0.6) is 0 Å². The predicted molar refractivity (Wildman–Crippen MR) is 141 cm³/mol. The zero-order valence-electron chi connectivity index (χ0n) is 22.2. The van der Waals surface area contributed by atoms with Crippen molar-refractivity contribution in [3.8, 4) is 17.1 Å². The molecule has 3 fully saturated rings. The fourth-order valence-electron chi connectivity index (χ4n) is 5.46. The van der Waals surface area contributed by atoms with Gasteiger partial charge >= 0.3 is 5.97 Å². The lowest BCUT2D eigenvalue weighted by Crippen LogP contribution is -2.35. The molecule has 0 aliphatic carbocycles. The molecule has 3 aliphatic rings. The Morgan fingerprint density at radius 1 is 1.12 bits per heavy atom. The number of aryl methyl sites for hydroxylation is 1. The van der Waals surface area contributed by atoms with Gasteiger partial charge in [0.2, 0.25) is 0 Å². The number of rotatable bonds is 6. The van der Waals surface area contributed by atoms with Gasteiger partial charge in [0.05, 0.1) is 25.2 Å². The highest BCUT2D eigenvalue weighted by Gasteiger charge is 2.58. The highest BCUT2D eigenvalue weighted by atomic mass is 16.8. The van der Waals surface area contributed by atoms with Gasteiger partial charge in [-0.2, -0.15) is 15.1 Å². The minimum absolute atomic E-state index is 0.0627. The molecular formula is C27H29N7O6. The third-order valence-electron chi connectivity index (χ3n) is 7.40. The number of nitrogens with one attached hydrogen (secondary N) is 1. The molecule has 0 spiro atoms. The molecule has 0 saturated carbocycles. The van der Waals surface area contributed by atoms with Gasteiger partial charge in [0, 0.05) is 18.4 Å². The van der Waals surface area contributed by atoms with E-state index in [1.807, 2.05) is 25.3 Å². The van der Waals surface area contributed by atoms with Crippen LogP contribution in [0.3, 0.4) is 0 Å². The van der Waals surface area contributed by atoms with Crippen molar-refractivity contribution < 1.29 is 28.8 Å². The molecular weight excluding hydrogens is 518 g/mol. The van der Waals surface area contributed by atoms with Crippen LogP contribution in [0.25, 0.3) is 28.2 Å². The van der Waals surface area contributed by atoms with E-state index in [4.69, 9.17) is 28.9 Å². The Labute approximate surface area is 229 Å². The largest absolute Gasteiger partial charge is 0.479 e. The standard InChI is InChI=1S/C27H29N7O6/c1-14-4-6-15(7-5-14)16-10-29-34(11-16)26-31-22(30-17-8-9-37-12-17)18-23(32-26)33(13-28-18)24-20-19(21(38-24)25(35)36)39-27(2,3)40-20/h4-7,10-11,13,17,19-21,24H,8-9,12H2,1-3H3,(H,35,36)(H,30,31,32)/t17?,19-,20-,21+,24-/m1/s1. The number of hydrogen-bond donors (Lipinski definition) is 2. The average Bonchev–Trinajstić information content (AvgIpc) is 3.73. The molecule has 1 unspecified atom stereocenters. The molecule has 4 aromatic rings. The molecule has 0 radical (unpaired) electrons. The molecule has 0 amide bonds. The van der Waals surface area contributed by atoms with Crippen molar-refractivity contribution in [1.82, 2.24) is 29.3 Å². The SMILES string of the molecule is Cc1ccc(-c2cnn(-c3nc(NC4CCOC4)c4ncn([C@@H]5O[C@H](C(=O)O)[C@@H]6OC(C)(C)O[C@H]65)c4n3)c2)cc1. The summed E-state index contributed by atoms with van der Waals surface area (Å²) in [5.74, 6) is -1.24. The third kappa shape index (κ3) is 4.31. The monoisotopic (exact) mass is 547 g/mol. The van der Waals surface area contributed by atoms with Crippen LogP contribution < -0.4 is 5.32 Å². The van der Waals surface area contributed by atoms with Crippen molar-refractivity contribution in [3.63, 3.8) is 0 Å². The Morgan fingerprint density at radius 3 is 2.67 bits per heavy atom. The van der Waals surface area contributed by atoms with Crippen molar-refractivity contribution in [2.24, 2.45) is 0 Å². The van der Waals surface area contributed by atoms with E-state index in [0.717, 1.165) is 17.5 Å². The predicted octanol–water partition coefficient (Wildman–Crippen LogP) is 2.69. The second kappa shape index (κ2) is 9.34. The van der Waals surface area contributed by atoms with Gasteiger partial charge in [-0.3, -0.25) is 4.57 Å². The molecule has 0 bridgehead atoms. The summed E-state index contributed by atoms with van der Waals surface area (Å²) in [6.45, 7) is 6.76. The molecule has 3 aliphatic heterocycles. The number of anilines is 1. The maximum atomic E-state index is 12.0. The zero-order valence-corrected chi connectivity index (χ0v) is 22.2. The first-order valence-corrected chi connectivity index (χ1v) is 13.2. The van der Waals surface area contributed by atoms with Gasteiger partial charge in [-0.15, -0.1) is 0 Å². The normalized spacial score (nSPS) is 27.3. The van der Waals surface area contributed by atoms with E-state index in [9.17, 15) is 9.90 Å². The summed E-state index contributed by atoms with van der Waals surface area (Å²) in [7, 11) is 0. The molecule has 6 heterocycles. The van der Waals surface area contributed by atoms with Crippen LogP contribution >= 0.6 is 0 Å². The lowest BCUT2D eigenvalue weighted by Gasteiger charge is -2.23. The van der Waals surface area contributed by atoms with Crippen molar-refractivity contribution in [2.75, 3.05) is 18.5 Å². The van der Waals surface area contributed by atoms with Crippen LogP contribution in [0.1, 0.15) is 32.1 Å². The minimum Gasteiger partial charge on any atom is -0.479 e. The molecule has 13 nitrogen and oxygen atoms in total. The first kappa shape index (κ1) is 25.1. The van der Waals surface area contributed by atoms with E-state index in [1.165, 1.54) is 5.56 Å². The van der Waals surface area contributed by atoms with Crippen LogP contribution in [0.2, 0.25) is 0 Å². The van der Waals surface area contributed by atoms with E-state index in [2.05, 4.69) is 27.5 Å². The number of imidazole rings is 1. The molecule has 5 atom stereocenters. The number of carbonyl (C=O) groups is 1. The summed E-state index contributed by atoms with van der Waals surface area (Å²) in [6, 6.07) is 8.25. The number of ether oxygens (including phenoxy) is 4. The third-order valence-corrected chi connectivity index (χ3v) is 7.40. The molecule has 208 valence electrons. The van der Waals surface area contributed by atoms with E-state index in [0.29, 0.717) is 36.1 Å². The summed E-state index contributed by atoms with van der Waals surface area (Å²) in [4.78, 5) is 26.2. The fraction of sp³-hybridized carbons (Fsp3) is 0.444. The summed E-state index contributed by atoms with van der Waals surface area (Å²) < 4.78 is 26.8. The smallest absolute Gasteiger partial charge is 0.335 e. The number of benzene rings is 1. The van der Waals surface area contributed by atoms with Crippen molar-refractivity contribution >= 4 is 23.0 Å². The first-order chi connectivity index (χ1) is 19.3. The Morgan fingerprint density at radius 2 is 1.93 bits per heavy atom. The average molecular weight is 548 g/mol. The van der Waals surface area contributed by atoms with Gasteiger partial charge in [0.25, 0.3) is 5.95 Å². The minimum atomic E-state index is -1.20. The quantitative estimate of drug-likeness (QED) is 0.367. The highest BCUT2D eigenvalue weighted by molar-refractivity contribution is 5.84. The molecule has 1 aromatic carbocycles.